The van der Waals surface area contributed by atoms with E-state index in [2.05, 4.69) is 0 Å². The Morgan fingerprint density at radius 1 is 1.29 bits per heavy atom. The average Bonchev–Trinajstić information content (AvgIpc) is 3.47. The maximum absolute atomic E-state index is 13.2. The number of nitrogens with zero attached hydrogens (tertiary/aromatic N) is 2. The van der Waals surface area contributed by atoms with Crippen molar-refractivity contribution in [1.29, 1.82) is 0 Å². The van der Waals surface area contributed by atoms with Crippen molar-refractivity contribution in [1.82, 2.24) is 9.80 Å². The van der Waals surface area contributed by atoms with Gasteiger partial charge in [0.15, 0.2) is 11.5 Å². The molecule has 2 bridgehead atoms. The van der Waals surface area contributed by atoms with Gasteiger partial charge >= 0.3 is 0 Å². The van der Waals surface area contributed by atoms with Crippen molar-refractivity contribution >= 4 is 17.9 Å². The SMILES string of the molecule is COc1ccc2c3c1O[C@H]1[C@H](N(C)C(=O)/C=C/c4ccoc4)CC[C@@]4(O)[C@@H](C2)N(C(C)=O)CC[C@]314. The van der Waals surface area contributed by atoms with Crippen LogP contribution in [0.5, 0.6) is 11.5 Å². The first kappa shape index (κ1) is 22.2. The lowest BCUT2D eigenvalue weighted by molar-refractivity contribution is -0.201. The van der Waals surface area contributed by atoms with Crippen molar-refractivity contribution in [2.45, 2.75) is 61.8 Å². The molecule has 1 aromatic heterocycles. The quantitative estimate of drug-likeness (QED) is 0.679. The van der Waals surface area contributed by atoms with Crippen LogP contribution in [0.15, 0.2) is 41.2 Å². The summed E-state index contributed by atoms with van der Waals surface area (Å²) in [6, 6.07) is 5.16. The average molecular weight is 479 g/mol. The van der Waals surface area contributed by atoms with Crippen LogP contribution in [0.2, 0.25) is 0 Å². The number of likely N-dealkylation sites (tertiary alicyclic amines) is 1. The summed E-state index contributed by atoms with van der Waals surface area (Å²) in [5.74, 6) is 1.14. The highest BCUT2D eigenvalue weighted by molar-refractivity contribution is 5.92. The van der Waals surface area contributed by atoms with E-state index in [9.17, 15) is 14.7 Å². The Kier molecular flexibility index (Phi) is 4.84. The van der Waals surface area contributed by atoms with Crippen LogP contribution >= 0.6 is 0 Å². The van der Waals surface area contributed by atoms with Crippen molar-refractivity contribution in [3.05, 3.63) is 53.5 Å². The minimum absolute atomic E-state index is 0.0234. The Morgan fingerprint density at radius 3 is 2.83 bits per heavy atom. The first-order valence-corrected chi connectivity index (χ1v) is 12.2. The molecule has 0 radical (unpaired) electrons. The Balaban J connectivity index is 1.44. The fourth-order valence-corrected chi connectivity index (χ4v) is 7.26. The van der Waals surface area contributed by atoms with Crippen molar-refractivity contribution in [2.75, 3.05) is 20.7 Å². The molecule has 5 atom stereocenters. The van der Waals surface area contributed by atoms with Gasteiger partial charge in [-0.05, 0) is 49.5 Å². The minimum Gasteiger partial charge on any atom is -0.493 e. The molecule has 35 heavy (non-hydrogen) atoms. The zero-order valence-electron chi connectivity index (χ0n) is 20.2. The number of methoxy groups -OCH3 is 1. The highest BCUT2D eigenvalue weighted by Gasteiger charge is 2.73. The number of piperidine rings is 1. The van der Waals surface area contributed by atoms with Gasteiger partial charge in [-0.25, -0.2) is 0 Å². The number of hydrogen-bond donors (Lipinski definition) is 1. The van der Waals surface area contributed by atoms with Crippen molar-refractivity contribution in [2.24, 2.45) is 0 Å². The predicted octanol–water partition coefficient (Wildman–Crippen LogP) is 2.53. The number of benzene rings is 1. The van der Waals surface area contributed by atoms with Gasteiger partial charge in [-0.2, -0.15) is 0 Å². The second kappa shape index (κ2) is 7.62. The van der Waals surface area contributed by atoms with E-state index in [1.54, 1.807) is 56.7 Å². The molecule has 8 heteroatoms. The normalized spacial score (nSPS) is 32.2. The van der Waals surface area contributed by atoms with E-state index < -0.39 is 17.1 Å². The van der Waals surface area contributed by atoms with Gasteiger partial charge in [0.1, 0.15) is 6.10 Å². The van der Waals surface area contributed by atoms with Gasteiger partial charge in [-0.1, -0.05) is 6.07 Å². The Morgan fingerprint density at radius 2 is 2.11 bits per heavy atom. The Hall–Kier alpha value is -3.26. The molecule has 2 fully saturated rings. The fourth-order valence-electron chi connectivity index (χ4n) is 7.26. The zero-order chi connectivity index (χ0) is 24.5. The lowest BCUT2D eigenvalue weighted by atomic mass is 9.48. The monoisotopic (exact) mass is 478 g/mol. The number of carbonyl (C=O) groups excluding carboxylic acids is 2. The lowest BCUT2D eigenvalue weighted by Gasteiger charge is -2.64. The van der Waals surface area contributed by atoms with Crippen LogP contribution in [0.3, 0.4) is 0 Å². The molecule has 1 N–H and O–H groups in total. The number of carbonyl (C=O) groups is 2. The molecule has 2 aliphatic heterocycles. The van der Waals surface area contributed by atoms with Gasteiger partial charge in [-0.15, -0.1) is 0 Å². The van der Waals surface area contributed by atoms with Gasteiger partial charge in [-0.3, -0.25) is 9.59 Å². The molecule has 4 aliphatic rings. The molecule has 184 valence electrons. The third-order valence-electron chi connectivity index (χ3n) is 8.85. The van der Waals surface area contributed by atoms with Crippen LogP contribution in [-0.2, 0) is 21.4 Å². The van der Waals surface area contributed by atoms with Crippen LogP contribution in [0, 0.1) is 0 Å². The first-order valence-electron chi connectivity index (χ1n) is 12.2. The lowest BCUT2D eigenvalue weighted by Crippen LogP contribution is -2.78. The Labute approximate surface area is 204 Å². The minimum atomic E-state index is -1.14. The van der Waals surface area contributed by atoms with Crippen LogP contribution in [0.4, 0.5) is 0 Å². The van der Waals surface area contributed by atoms with Crippen LogP contribution in [0.25, 0.3) is 6.08 Å². The van der Waals surface area contributed by atoms with E-state index in [0.717, 1.165) is 16.7 Å². The molecule has 1 saturated carbocycles. The van der Waals surface area contributed by atoms with E-state index >= 15 is 0 Å². The van der Waals surface area contributed by atoms with E-state index in [-0.39, 0.29) is 23.9 Å². The summed E-state index contributed by atoms with van der Waals surface area (Å²) >= 11 is 0. The number of amides is 2. The summed E-state index contributed by atoms with van der Waals surface area (Å²) in [5, 5.41) is 12.4. The molecular formula is C27H30N2O6. The smallest absolute Gasteiger partial charge is 0.246 e. The zero-order valence-corrected chi connectivity index (χ0v) is 20.2. The third kappa shape index (κ3) is 2.83. The first-order chi connectivity index (χ1) is 16.8. The molecule has 6 rings (SSSR count). The molecule has 1 spiro atoms. The van der Waals surface area contributed by atoms with E-state index in [0.29, 0.717) is 43.7 Å². The Bertz CT molecular complexity index is 1220. The molecule has 1 aromatic carbocycles. The summed E-state index contributed by atoms with van der Waals surface area (Å²) in [4.78, 5) is 29.3. The number of likely N-dealkylation sites (N-methyl/N-ethyl adjacent to an activating group) is 1. The van der Waals surface area contributed by atoms with Crippen LogP contribution in [0.1, 0.15) is 42.9 Å². The second-order valence-electron chi connectivity index (χ2n) is 10.2. The van der Waals surface area contributed by atoms with Gasteiger partial charge in [0.2, 0.25) is 11.8 Å². The predicted molar refractivity (Wildman–Crippen MR) is 127 cm³/mol. The maximum atomic E-state index is 13.2. The third-order valence-corrected chi connectivity index (χ3v) is 8.85. The van der Waals surface area contributed by atoms with Crippen molar-refractivity contribution < 1.29 is 28.6 Å². The second-order valence-corrected chi connectivity index (χ2v) is 10.2. The number of furan rings is 1. The molecule has 8 nitrogen and oxygen atoms in total. The highest BCUT2D eigenvalue weighted by Crippen LogP contribution is 2.65. The molecular weight excluding hydrogens is 448 g/mol. The van der Waals surface area contributed by atoms with Crippen molar-refractivity contribution in [3.8, 4) is 11.5 Å². The largest absolute Gasteiger partial charge is 0.493 e. The van der Waals surface area contributed by atoms with E-state index in [4.69, 9.17) is 13.9 Å². The highest BCUT2D eigenvalue weighted by atomic mass is 16.5. The summed E-state index contributed by atoms with van der Waals surface area (Å²) in [6.45, 7) is 2.12. The molecule has 0 unspecified atom stereocenters. The molecule has 1 saturated heterocycles. The summed E-state index contributed by atoms with van der Waals surface area (Å²) in [5.41, 5.74) is 1.04. The summed E-state index contributed by atoms with van der Waals surface area (Å²) in [6.07, 6.45) is 8.17. The van der Waals surface area contributed by atoms with E-state index in [1.165, 1.54) is 0 Å². The van der Waals surface area contributed by atoms with Gasteiger partial charge in [0, 0.05) is 37.7 Å². The van der Waals surface area contributed by atoms with Crippen LogP contribution in [-0.4, -0.2) is 71.2 Å². The molecule has 2 aromatic rings. The topological polar surface area (TPSA) is 92.4 Å². The number of aliphatic hydroxyl groups is 1. The summed E-state index contributed by atoms with van der Waals surface area (Å²) < 4.78 is 17.4. The molecule has 2 aliphatic carbocycles. The molecule has 3 heterocycles. The van der Waals surface area contributed by atoms with Gasteiger partial charge in [0.05, 0.1) is 42.7 Å². The molecule has 2 amide bonds. The summed E-state index contributed by atoms with van der Waals surface area (Å²) in [7, 11) is 3.41. The van der Waals surface area contributed by atoms with Gasteiger partial charge < -0.3 is 28.8 Å². The van der Waals surface area contributed by atoms with Gasteiger partial charge in [0.25, 0.3) is 0 Å². The standard InChI is InChI=1S/C27H30N2O6/c1-16(30)29-12-11-26-23-18-5-6-20(33-3)24(23)35-25(26)19(8-10-27(26,32)21(29)14-18)28(2)22(31)7-4-17-9-13-34-15-17/h4-7,9,13,15,19,21,25,32H,8,10-12,14H2,1-3H3/b7-4+/t19-,21-,25+,26+,27-/m1/s1. The number of ether oxygens (including phenoxy) is 2. The maximum Gasteiger partial charge on any atom is 0.246 e. The van der Waals surface area contributed by atoms with E-state index in [1.807, 2.05) is 17.0 Å². The van der Waals surface area contributed by atoms with Crippen LogP contribution < -0.4 is 9.47 Å². The number of rotatable bonds is 4. The number of hydrogen-bond acceptors (Lipinski definition) is 6. The van der Waals surface area contributed by atoms with Crippen molar-refractivity contribution in [3.63, 3.8) is 0 Å². The fraction of sp³-hybridized carbons (Fsp3) is 0.481.